The Labute approximate surface area is 227 Å². The molecule has 4 heterocycles. The van der Waals surface area contributed by atoms with Gasteiger partial charge in [0.1, 0.15) is 23.6 Å². The molecule has 0 amide bonds. The maximum Gasteiger partial charge on any atom is 0.387 e. The molecule has 0 unspecified atom stereocenters. The van der Waals surface area contributed by atoms with Crippen LogP contribution in [0, 0.1) is 0 Å². The average Bonchev–Trinajstić information content (AvgIpc) is 3.36. The monoisotopic (exact) mass is 578 g/mol. The standard InChI is InChI=1S/C26H26F4N6O3S/c27-25(28)39-20-6-7-22(31-14-20)26(29,30)16-35-11-8-19(9-12-35)34-23-21-10-13-36(24(21)33-17-32-23)40(37,38)15-18-4-2-1-3-5-18/h1-7,10,13-14,17,19,25H,8-9,11-12,15-16H2,(H,32,33,34). The van der Waals surface area contributed by atoms with Gasteiger partial charge in [0.25, 0.3) is 0 Å². The van der Waals surface area contributed by atoms with Crippen molar-refractivity contribution in [1.29, 1.82) is 0 Å². The highest BCUT2D eigenvalue weighted by atomic mass is 32.2. The van der Waals surface area contributed by atoms with E-state index in [1.807, 2.05) is 6.07 Å². The number of anilines is 1. The van der Waals surface area contributed by atoms with Gasteiger partial charge in [0.15, 0.2) is 5.65 Å². The number of rotatable bonds is 10. The maximum atomic E-state index is 14.8. The highest BCUT2D eigenvalue weighted by Crippen LogP contribution is 2.31. The molecule has 4 aromatic rings. The molecule has 0 aliphatic carbocycles. The van der Waals surface area contributed by atoms with E-state index in [0.29, 0.717) is 42.7 Å². The van der Waals surface area contributed by atoms with Crippen molar-refractivity contribution in [3.05, 3.63) is 78.5 Å². The van der Waals surface area contributed by atoms with Gasteiger partial charge >= 0.3 is 12.5 Å². The molecule has 212 valence electrons. The predicted molar refractivity (Wildman–Crippen MR) is 140 cm³/mol. The van der Waals surface area contributed by atoms with E-state index in [4.69, 9.17) is 0 Å². The summed E-state index contributed by atoms with van der Waals surface area (Å²) in [6.45, 7) is -2.88. The molecule has 1 aliphatic rings. The molecule has 1 saturated heterocycles. The highest BCUT2D eigenvalue weighted by molar-refractivity contribution is 7.89. The number of fused-ring (bicyclic) bond motifs is 1. The van der Waals surface area contributed by atoms with Crippen LogP contribution in [-0.4, -0.2) is 64.5 Å². The van der Waals surface area contributed by atoms with Crippen LogP contribution in [0.5, 0.6) is 5.75 Å². The first-order chi connectivity index (χ1) is 19.1. The number of benzene rings is 1. The SMILES string of the molecule is O=S(=O)(Cc1ccccc1)n1ccc2c(NC3CCN(CC(F)(F)c4ccc(OC(F)F)cn4)CC3)ncnc21. The molecule has 3 aromatic heterocycles. The summed E-state index contributed by atoms with van der Waals surface area (Å²) in [5.41, 5.74) is 0.384. The molecule has 5 rings (SSSR count). The van der Waals surface area contributed by atoms with E-state index in [1.54, 1.807) is 35.2 Å². The van der Waals surface area contributed by atoms with E-state index in [1.165, 1.54) is 12.5 Å². The molecular formula is C26H26F4N6O3S. The maximum absolute atomic E-state index is 14.8. The Hall–Kier alpha value is -3.78. The molecule has 0 spiro atoms. The number of aromatic nitrogens is 4. The molecule has 0 bridgehead atoms. The Kier molecular flexibility index (Phi) is 7.90. The van der Waals surface area contributed by atoms with Crippen LogP contribution in [-0.2, 0) is 21.7 Å². The number of hydrogen-bond acceptors (Lipinski definition) is 8. The zero-order valence-corrected chi connectivity index (χ0v) is 21.9. The molecule has 0 saturated carbocycles. The fraction of sp³-hybridized carbons (Fsp3) is 0.346. The fourth-order valence-electron chi connectivity index (χ4n) is 4.68. The van der Waals surface area contributed by atoms with Crippen molar-refractivity contribution >= 4 is 26.9 Å². The Balaban J connectivity index is 1.21. The smallest absolute Gasteiger partial charge is 0.387 e. The summed E-state index contributed by atoms with van der Waals surface area (Å²) in [4.78, 5) is 13.7. The van der Waals surface area contributed by atoms with Crippen LogP contribution in [0.15, 0.2) is 67.3 Å². The Morgan fingerprint density at radius 2 is 1.77 bits per heavy atom. The molecule has 14 heteroatoms. The van der Waals surface area contributed by atoms with Crippen molar-refractivity contribution in [3.63, 3.8) is 0 Å². The fourth-order valence-corrected chi connectivity index (χ4v) is 6.09. The van der Waals surface area contributed by atoms with Gasteiger partial charge in [-0.3, -0.25) is 9.88 Å². The van der Waals surface area contributed by atoms with Crippen LogP contribution in [0.4, 0.5) is 23.4 Å². The quantitative estimate of drug-likeness (QED) is 0.275. The number of pyridine rings is 1. The molecule has 1 fully saturated rings. The first-order valence-corrected chi connectivity index (χ1v) is 14.1. The van der Waals surface area contributed by atoms with Crippen molar-refractivity contribution in [1.82, 2.24) is 23.8 Å². The van der Waals surface area contributed by atoms with Crippen molar-refractivity contribution in [2.45, 2.75) is 37.2 Å². The molecular weight excluding hydrogens is 552 g/mol. The van der Waals surface area contributed by atoms with Gasteiger partial charge in [0.2, 0.25) is 10.0 Å². The van der Waals surface area contributed by atoms with Gasteiger partial charge < -0.3 is 10.1 Å². The minimum Gasteiger partial charge on any atom is -0.433 e. The lowest BCUT2D eigenvalue weighted by Crippen LogP contribution is -2.44. The van der Waals surface area contributed by atoms with Gasteiger partial charge in [-0.25, -0.2) is 22.4 Å². The van der Waals surface area contributed by atoms with Crippen LogP contribution >= 0.6 is 0 Å². The number of likely N-dealkylation sites (tertiary alicyclic amines) is 1. The van der Waals surface area contributed by atoms with Gasteiger partial charge in [-0.15, -0.1) is 0 Å². The number of piperidine rings is 1. The largest absolute Gasteiger partial charge is 0.433 e. The van der Waals surface area contributed by atoms with E-state index >= 15 is 0 Å². The third kappa shape index (κ3) is 6.33. The van der Waals surface area contributed by atoms with Gasteiger partial charge in [0.05, 0.1) is 23.9 Å². The lowest BCUT2D eigenvalue weighted by molar-refractivity contribution is -0.0516. The van der Waals surface area contributed by atoms with Crippen molar-refractivity contribution in [2.75, 3.05) is 25.0 Å². The molecule has 0 atom stereocenters. The summed E-state index contributed by atoms with van der Waals surface area (Å²) in [6.07, 6.45) is 4.69. The normalized spacial score (nSPS) is 15.5. The Morgan fingerprint density at radius 3 is 2.45 bits per heavy atom. The molecule has 1 N–H and O–H groups in total. The predicted octanol–water partition coefficient (Wildman–Crippen LogP) is 4.47. The van der Waals surface area contributed by atoms with Crippen LogP contribution < -0.4 is 10.1 Å². The molecule has 40 heavy (non-hydrogen) atoms. The third-order valence-electron chi connectivity index (χ3n) is 6.63. The van der Waals surface area contributed by atoms with E-state index in [9.17, 15) is 26.0 Å². The molecule has 1 aromatic carbocycles. The topological polar surface area (TPSA) is 102 Å². The van der Waals surface area contributed by atoms with E-state index in [2.05, 4.69) is 25.0 Å². The Bertz CT molecular complexity index is 1540. The highest BCUT2D eigenvalue weighted by Gasteiger charge is 2.37. The second kappa shape index (κ2) is 11.4. The van der Waals surface area contributed by atoms with Crippen LogP contribution in [0.2, 0.25) is 0 Å². The summed E-state index contributed by atoms with van der Waals surface area (Å²) in [7, 11) is -3.73. The van der Waals surface area contributed by atoms with Crippen molar-refractivity contribution in [3.8, 4) is 5.75 Å². The van der Waals surface area contributed by atoms with Crippen molar-refractivity contribution in [2.24, 2.45) is 0 Å². The second-order valence-corrected chi connectivity index (χ2v) is 11.3. The number of ether oxygens (including phenoxy) is 1. The third-order valence-corrected chi connectivity index (χ3v) is 8.22. The Morgan fingerprint density at radius 1 is 1.02 bits per heavy atom. The lowest BCUT2D eigenvalue weighted by Gasteiger charge is -2.34. The zero-order chi connectivity index (χ0) is 28.3. The van der Waals surface area contributed by atoms with Crippen LogP contribution in [0.3, 0.4) is 0 Å². The number of nitrogens with zero attached hydrogens (tertiary/aromatic N) is 5. The number of alkyl halides is 4. The van der Waals surface area contributed by atoms with E-state index in [-0.39, 0.29) is 23.2 Å². The second-order valence-electron chi connectivity index (χ2n) is 9.47. The molecule has 9 nitrogen and oxygen atoms in total. The minimum atomic E-state index is -3.73. The van der Waals surface area contributed by atoms with Crippen molar-refractivity contribution < 1.29 is 30.7 Å². The summed E-state index contributed by atoms with van der Waals surface area (Å²) in [5.74, 6) is -3.28. The molecule has 0 radical (unpaired) electrons. The van der Waals surface area contributed by atoms with Crippen LogP contribution in [0.1, 0.15) is 24.1 Å². The summed E-state index contributed by atoms with van der Waals surface area (Å²) < 4.78 is 85.6. The van der Waals surface area contributed by atoms with Gasteiger partial charge in [0, 0.05) is 25.3 Å². The number of halogens is 4. The molecule has 1 aliphatic heterocycles. The van der Waals surface area contributed by atoms with Crippen LogP contribution in [0.25, 0.3) is 11.0 Å². The number of nitrogens with one attached hydrogen (secondary N) is 1. The lowest BCUT2D eigenvalue weighted by atomic mass is 10.0. The summed E-state index contributed by atoms with van der Waals surface area (Å²) in [5, 5.41) is 3.85. The van der Waals surface area contributed by atoms with Gasteiger partial charge in [-0.05, 0) is 36.6 Å². The zero-order valence-electron chi connectivity index (χ0n) is 21.1. The first kappa shape index (κ1) is 27.8. The minimum absolute atomic E-state index is 0.0730. The van der Waals surface area contributed by atoms with E-state index < -0.39 is 34.8 Å². The summed E-state index contributed by atoms with van der Waals surface area (Å²) in [6, 6.07) is 12.4. The van der Waals surface area contributed by atoms with E-state index in [0.717, 1.165) is 22.3 Å². The number of hydrogen-bond donors (Lipinski definition) is 1. The first-order valence-electron chi connectivity index (χ1n) is 12.5. The van der Waals surface area contributed by atoms with Gasteiger partial charge in [-0.1, -0.05) is 30.3 Å². The average molecular weight is 579 g/mol. The summed E-state index contributed by atoms with van der Waals surface area (Å²) >= 11 is 0. The van der Waals surface area contributed by atoms with Gasteiger partial charge in [-0.2, -0.15) is 17.6 Å².